The molecule has 0 amide bonds. The van der Waals surface area contributed by atoms with Gasteiger partial charge in [0.05, 0.1) is 0 Å². The van der Waals surface area contributed by atoms with Crippen molar-refractivity contribution in [2.45, 2.75) is 51.8 Å². The van der Waals surface area contributed by atoms with Gasteiger partial charge in [-0.2, -0.15) is 0 Å². The number of fused-ring (bicyclic) bond motifs is 5. The van der Waals surface area contributed by atoms with E-state index in [1.165, 1.54) is 16.8 Å². The number of benzene rings is 2. The lowest BCUT2D eigenvalue weighted by Gasteiger charge is -2.48. The molecule has 2 atom stereocenters. The second-order valence-electron chi connectivity index (χ2n) is 8.81. The van der Waals surface area contributed by atoms with Gasteiger partial charge >= 0.3 is 0 Å². The van der Waals surface area contributed by atoms with E-state index in [4.69, 9.17) is 4.74 Å². The van der Waals surface area contributed by atoms with Gasteiger partial charge in [0.25, 0.3) is 0 Å². The predicted molar refractivity (Wildman–Crippen MR) is 106 cm³/mol. The molecule has 1 aliphatic carbocycles. The second kappa shape index (κ2) is 5.98. The molecule has 0 saturated carbocycles. The van der Waals surface area contributed by atoms with Gasteiger partial charge in [-0.25, -0.2) is 0 Å². The minimum Gasteiger partial charge on any atom is -0.474 e. The third-order valence-corrected chi connectivity index (χ3v) is 6.11. The number of hydrogen-bond donors (Lipinski definition) is 0. The van der Waals surface area contributed by atoms with Crippen molar-refractivity contribution in [3.05, 3.63) is 77.1 Å². The molecular formula is C24H25NO2. The number of ketones is 1. The quantitative estimate of drug-likeness (QED) is 0.740. The zero-order valence-corrected chi connectivity index (χ0v) is 15.9. The van der Waals surface area contributed by atoms with Crippen LogP contribution in [0.15, 0.2) is 65.9 Å². The molecule has 0 radical (unpaired) electrons. The molecule has 2 heterocycles. The van der Waals surface area contributed by atoms with Crippen molar-refractivity contribution < 1.29 is 9.53 Å². The molecule has 2 aromatic rings. The average Bonchev–Trinajstić information content (AvgIpc) is 2.64. The number of hydrogen-bond acceptors (Lipinski definition) is 3. The van der Waals surface area contributed by atoms with E-state index in [0.29, 0.717) is 6.42 Å². The molecule has 5 rings (SSSR count). The van der Waals surface area contributed by atoms with Gasteiger partial charge in [-0.05, 0) is 22.6 Å². The van der Waals surface area contributed by atoms with Crippen LogP contribution in [-0.4, -0.2) is 12.0 Å². The van der Waals surface area contributed by atoms with Gasteiger partial charge < -0.3 is 9.64 Å². The molecule has 0 aromatic heterocycles. The standard InChI is InChI=1S/C24H25NO2/c1-24(2)13-20(26)23-18-12-22(27-21(23)14-24)25(15-16-8-4-3-5-9-16)19-11-7-6-10-17(18)19/h3-11,18,22H,12-15H2,1-2H3. The van der Waals surface area contributed by atoms with Crippen molar-refractivity contribution in [3.63, 3.8) is 0 Å². The van der Waals surface area contributed by atoms with Crippen molar-refractivity contribution >= 4 is 11.5 Å². The Morgan fingerprint density at radius 3 is 2.59 bits per heavy atom. The van der Waals surface area contributed by atoms with Gasteiger partial charge in [0.2, 0.25) is 0 Å². The molecule has 0 spiro atoms. The monoisotopic (exact) mass is 359 g/mol. The van der Waals surface area contributed by atoms with E-state index in [9.17, 15) is 4.79 Å². The van der Waals surface area contributed by atoms with Gasteiger partial charge in [0.15, 0.2) is 12.0 Å². The van der Waals surface area contributed by atoms with E-state index in [0.717, 1.165) is 30.7 Å². The summed E-state index contributed by atoms with van der Waals surface area (Å²) in [6.07, 6.45) is 2.31. The Hall–Kier alpha value is -2.55. The van der Waals surface area contributed by atoms with Gasteiger partial charge in [0.1, 0.15) is 5.76 Å². The molecule has 0 fully saturated rings. The first-order valence-corrected chi connectivity index (χ1v) is 9.84. The Balaban J connectivity index is 1.59. The number of Topliss-reactive ketones (excluding diaryl/α,β-unsaturated/α-hetero) is 1. The number of anilines is 1. The second-order valence-corrected chi connectivity index (χ2v) is 8.81. The van der Waals surface area contributed by atoms with Crippen molar-refractivity contribution in [2.75, 3.05) is 4.90 Å². The van der Waals surface area contributed by atoms with Gasteiger partial charge in [-0.3, -0.25) is 4.79 Å². The molecule has 2 bridgehead atoms. The fourth-order valence-corrected chi connectivity index (χ4v) is 4.94. The summed E-state index contributed by atoms with van der Waals surface area (Å²) in [4.78, 5) is 15.3. The molecule has 0 N–H and O–H groups in total. The predicted octanol–water partition coefficient (Wildman–Crippen LogP) is 5.18. The van der Waals surface area contributed by atoms with Crippen LogP contribution in [0.4, 0.5) is 5.69 Å². The summed E-state index contributed by atoms with van der Waals surface area (Å²) in [6, 6.07) is 19.1. The number of carbonyl (C=O) groups is 1. The first-order chi connectivity index (χ1) is 13.0. The van der Waals surface area contributed by atoms with E-state index in [1.54, 1.807) is 0 Å². The van der Waals surface area contributed by atoms with Crippen LogP contribution in [0.1, 0.15) is 50.2 Å². The SMILES string of the molecule is CC1(C)CC(=O)C2=C(C1)OC1CC2c2ccccc2N1Cc1ccccc1. The number of nitrogens with zero attached hydrogens (tertiary/aromatic N) is 1. The first kappa shape index (κ1) is 16.6. The lowest BCUT2D eigenvalue weighted by Crippen LogP contribution is -2.47. The molecule has 0 saturated heterocycles. The van der Waals surface area contributed by atoms with Gasteiger partial charge in [0, 0.05) is 43.0 Å². The summed E-state index contributed by atoms with van der Waals surface area (Å²) >= 11 is 0. The maximum atomic E-state index is 13.0. The van der Waals surface area contributed by atoms with Crippen LogP contribution in [0.3, 0.4) is 0 Å². The molecule has 138 valence electrons. The summed E-state index contributed by atoms with van der Waals surface area (Å²) in [5.74, 6) is 1.38. The maximum Gasteiger partial charge on any atom is 0.173 e. The Morgan fingerprint density at radius 1 is 1.04 bits per heavy atom. The highest BCUT2D eigenvalue weighted by atomic mass is 16.5. The van der Waals surface area contributed by atoms with Crippen LogP contribution in [0.25, 0.3) is 0 Å². The van der Waals surface area contributed by atoms with E-state index < -0.39 is 0 Å². The zero-order chi connectivity index (χ0) is 18.6. The normalized spacial score (nSPS) is 25.6. The molecule has 3 nitrogen and oxygen atoms in total. The van der Waals surface area contributed by atoms with Crippen LogP contribution in [-0.2, 0) is 16.1 Å². The van der Waals surface area contributed by atoms with Crippen LogP contribution in [0, 0.1) is 5.41 Å². The maximum absolute atomic E-state index is 13.0. The first-order valence-electron chi connectivity index (χ1n) is 9.84. The fourth-order valence-electron chi connectivity index (χ4n) is 4.94. The van der Waals surface area contributed by atoms with Crippen molar-refractivity contribution in [2.24, 2.45) is 5.41 Å². The number of carbonyl (C=O) groups excluding carboxylic acids is 1. The molecule has 27 heavy (non-hydrogen) atoms. The minimum atomic E-state index is -0.0225. The highest BCUT2D eigenvalue weighted by Crippen LogP contribution is 2.52. The third kappa shape index (κ3) is 2.77. The molecule has 3 heteroatoms. The average molecular weight is 359 g/mol. The van der Waals surface area contributed by atoms with Crippen molar-refractivity contribution in [3.8, 4) is 0 Å². The summed E-state index contributed by atoms with van der Waals surface area (Å²) in [7, 11) is 0. The van der Waals surface area contributed by atoms with Crippen molar-refractivity contribution in [1.29, 1.82) is 0 Å². The summed E-state index contributed by atoms with van der Waals surface area (Å²) < 4.78 is 6.49. The van der Waals surface area contributed by atoms with Crippen LogP contribution in [0.2, 0.25) is 0 Å². The van der Waals surface area contributed by atoms with Crippen molar-refractivity contribution in [1.82, 2.24) is 0 Å². The Kier molecular flexibility index (Phi) is 3.68. The van der Waals surface area contributed by atoms with Crippen LogP contribution >= 0.6 is 0 Å². The molecular weight excluding hydrogens is 334 g/mol. The van der Waals surface area contributed by atoms with Crippen LogP contribution in [0.5, 0.6) is 0 Å². The number of para-hydroxylation sites is 1. The Labute approximate surface area is 160 Å². The molecule has 2 unspecified atom stereocenters. The third-order valence-electron chi connectivity index (χ3n) is 6.11. The lowest BCUT2D eigenvalue weighted by molar-refractivity contribution is -0.120. The zero-order valence-electron chi connectivity index (χ0n) is 15.9. The fraction of sp³-hybridized carbons (Fsp3) is 0.375. The number of rotatable bonds is 2. The smallest absolute Gasteiger partial charge is 0.173 e. The highest BCUT2D eigenvalue weighted by molar-refractivity contribution is 5.99. The topological polar surface area (TPSA) is 29.5 Å². The molecule has 2 aromatic carbocycles. The lowest BCUT2D eigenvalue weighted by atomic mass is 9.69. The summed E-state index contributed by atoms with van der Waals surface area (Å²) in [5.41, 5.74) is 4.66. The van der Waals surface area contributed by atoms with E-state index in [2.05, 4.69) is 67.3 Å². The molecule has 3 aliphatic rings. The van der Waals surface area contributed by atoms with E-state index >= 15 is 0 Å². The molecule has 2 aliphatic heterocycles. The summed E-state index contributed by atoms with van der Waals surface area (Å²) in [5, 5.41) is 0. The largest absolute Gasteiger partial charge is 0.474 e. The van der Waals surface area contributed by atoms with Gasteiger partial charge in [-0.1, -0.05) is 62.4 Å². The highest BCUT2D eigenvalue weighted by Gasteiger charge is 2.46. The Bertz CT molecular complexity index is 928. The van der Waals surface area contributed by atoms with E-state index in [-0.39, 0.29) is 23.3 Å². The number of ether oxygens (including phenoxy) is 1. The van der Waals surface area contributed by atoms with Crippen LogP contribution < -0.4 is 4.90 Å². The van der Waals surface area contributed by atoms with E-state index in [1.807, 2.05) is 6.07 Å². The Morgan fingerprint density at radius 2 is 1.78 bits per heavy atom. The summed E-state index contributed by atoms with van der Waals surface area (Å²) in [6.45, 7) is 5.14. The minimum absolute atomic E-state index is 0.00874. The number of allylic oxidation sites excluding steroid dienone is 2. The van der Waals surface area contributed by atoms with Gasteiger partial charge in [-0.15, -0.1) is 0 Å².